The van der Waals surface area contributed by atoms with Crippen molar-refractivity contribution < 1.29 is 19.7 Å². The highest BCUT2D eigenvalue weighted by Gasteiger charge is 2.11. The molecule has 2 heterocycles. The van der Waals surface area contributed by atoms with Crippen molar-refractivity contribution in [3.05, 3.63) is 60.4 Å². The third-order valence-electron chi connectivity index (χ3n) is 4.00. The molecule has 4 aromatic rings. The summed E-state index contributed by atoms with van der Waals surface area (Å²) in [4.78, 5) is 16.6. The highest BCUT2D eigenvalue weighted by molar-refractivity contribution is 5.93. The number of halogens is 1. The van der Waals surface area contributed by atoms with Gasteiger partial charge in [-0.25, -0.2) is 24.3 Å². The molecule has 2 aromatic heterocycles. The van der Waals surface area contributed by atoms with Gasteiger partial charge in [-0.2, -0.15) is 5.10 Å². The minimum Gasteiger partial charge on any atom is -0.504 e. The van der Waals surface area contributed by atoms with Gasteiger partial charge in [0.2, 0.25) is 0 Å². The van der Waals surface area contributed by atoms with Crippen molar-refractivity contribution in [2.75, 3.05) is 10.7 Å². The Balaban J connectivity index is 1.60. The zero-order valence-corrected chi connectivity index (χ0v) is 15.2. The maximum absolute atomic E-state index is 13.1. The molecule has 0 atom stereocenters. The van der Waals surface area contributed by atoms with Gasteiger partial charge in [0, 0.05) is 11.3 Å². The van der Waals surface area contributed by atoms with Crippen LogP contribution in [0.5, 0.6) is 17.2 Å². The Morgan fingerprint density at radius 1 is 0.833 bits per heavy atom. The summed E-state index contributed by atoms with van der Waals surface area (Å²) >= 11 is 0. The highest BCUT2D eigenvalue weighted by atomic mass is 19.1. The number of rotatable bonds is 5. The van der Waals surface area contributed by atoms with Gasteiger partial charge in [0.25, 0.3) is 0 Å². The van der Waals surface area contributed by atoms with E-state index in [-0.39, 0.29) is 11.6 Å². The summed E-state index contributed by atoms with van der Waals surface area (Å²) in [6.45, 7) is 0. The second kappa shape index (κ2) is 7.83. The highest BCUT2D eigenvalue weighted by Crippen LogP contribution is 2.34. The lowest BCUT2D eigenvalue weighted by Gasteiger charge is -2.09. The average molecular weight is 407 g/mol. The molecule has 0 amide bonds. The van der Waals surface area contributed by atoms with E-state index in [0.29, 0.717) is 28.1 Å². The van der Waals surface area contributed by atoms with Crippen LogP contribution >= 0.6 is 0 Å². The maximum Gasteiger partial charge on any atom is 0.200 e. The number of nitrogens with zero attached hydrogens (tertiary/aromatic N) is 5. The van der Waals surface area contributed by atoms with Gasteiger partial charge in [-0.15, -0.1) is 0 Å². The molecule has 0 spiro atoms. The first-order valence-electron chi connectivity index (χ1n) is 8.53. The van der Waals surface area contributed by atoms with Crippen LogP contribution in [0.1, 0.15) is 5.56 Å². The molecule has 150 valence electrons. The zero-order chi connectivity index (χ0) is 21.1. The van der Waals surface area contributed by atoms with E-state index in [9.17, 15) is 19.7 Å². The fourth-order valence-corrected chi connectivity index (χ4v) is 2.59. The van der Waals surface area contributed by atoms with Crippen LogP contribution in [-0.4, -0.2) is 41.5 Å². The van der Waals surface area contributed by atoms with E-state index in [1.54, 1.807) is 12.1 Å². The lowest BCUT2D eigenvalue weighted by Crippen LogP contribution is -2.02. The van der Waals surface area contributed by atoms with Gasteiger partial charge in [-0.3, -0.25) is 5.43 Å². The van der Waals surface area contributed by atoms with Crippen LogP contribution in [0.4, 0.5) is 21.7 Å². The molecule has 0 fully saturated rings. The van der Waals surface area contributed by atoms with Crippen LogP contribution in [0.15, 0.2) is 54.2 Å². The van der Waals surface area contributed by atoms with Crippen LogP contribution < -0.4 is 10.7 Å². The molecule has 30 heavy (non-hydrogen) atoms. The molecular weight excluding hydrogens is 393 g/mol. The van der Waals surface area contributed by atoms with E-state index in [1.165, 1.54) is 43.1 Å². The number of phenols is 3. The molecule has 4 rings (SSSR count). The van der Waals surface area contributed by atoms with Gasteiger partial charge in [0.15, 0.2) is 28.9 Å². The topological polar surface area (TPSA) is 149 Å². The van der Waals surface area contributed by atoms with Gasteiger partial charge in [-0.05, 0) is 36.4 Å². The van der Waals surface area contributed by atoms with Crippen molar-refractivity contribution in [1.82, 2.24) is 19.9 Å². The monoisotopic (exact) mass is 407 g/mol. The second-order valence-corrected chi connectivity index (χ2v) is 6.05. The van der Waals surface area contributed by atoms with Crippen LogP contribution in [0.3, 0.4) is 0 Å². The summed E-state index contributed by atoms with van der Waals surface area (Å²) in [6, 6.07) is 8.23. The van der Waals surface area contributed by atoms with E-state index in [0.717, 1.165) is 0 Å². The Kier molecular flexibility index (Phi) is 4.91. The van der Waals surface area contributed by atoms with Gasteiger partial charge in [0.1, 0.15) is 29.5 Å². The number of aromatic hydroxyl groups is 3. The first-order valence-corrected chi connectivity index (χ1v) is 8.53. The lowest BCUT2D eigenvalue weighted by molar-refractivity contribution is 0.368. The fourth-order valence-electron chi connectivity index (χ4n) is 2.59. The van der Waals surface area contributed by atoms with Crippen LogP contribution in [-0.2, 0) is 0 Å². The predicted molar refractivity (Wildman–Crippen MR) is 107 cm³/mol. The van der Waals surface area contributed by atoms with Crippen molar-refractivity contribution in [1.29, 1.82) is 0 Å². The summed E-state index contributed by atoms with van der Waals surface area (Å²) in [7, 11) is 0. The van der Waals surface area contributed by atoms with Gasteiger partial charge in [-0.1, -0.05) is 0 Å². The largest absolute Gasteiger partial charge is 0.504 e. The van der Waals surface area contributed by atoms with Crippen molar-refractivity contribution in [2.24, 2.45) is 5.10 Å². The molecule has 11 heteroatoms. The third kappa shape index (κ3) is 3.85. The second-order valence-electron chi connectivity index (χ2n) is 6.05. The van der Waals surface area contributed by atoms with E-state index in [4.69, 9.17) is 0 Å². The standard InChI is InChI=1S/C19H14FN7O3/c20-11-1-3-12(4-2-11)26-18-15-16(22-8-23-18)19(24-9-21-15)27-25-7-10-5-13(28)17(30)14(29)6-10/h1-9,28-30H,(H,21,24,27)(H,22,23,26). The molecule has 0 aliphatic rings. The van der Waals surface area contributed by atoms with Gasteiger partial charge < -0.3 is 20.6 Å². The molecule has 0 radical (unpaired) electrons. The van der Waals surface area contributed by atoms with Crippen molar-refractivity contribution in [3.63, 3.8) is 0 Å². The summed E-state index contributed by atoms with van der Waals surface area (Å²) in [6.07, 6.45) is 3.94. The minimum absolute atomic E-state index is 0.285. The number of hydrazone groups is 1. The predicted octanol–water partition coefficient (Wildman–Crippen LogP) is 2.87. The van der Waals surface area contributed by atoms with Crippen LogP contribution in [0.25, 0.3) is 11.0 Å². The van der Waals surface area contributed by atoms with Gasteiger partial charge >= 0.3 is 0 Å². The Morgan fingerprint density at radius 2 is 1.43 bits per heavy atom. The van der Waals surface area contributed by atoms with Crippen molar-refractivity contribution in [2.45, 2.75) is 0 Å². The molecule has 0 bridgehead atoms. The molecule has 0 unspecified atom stereocenters. The van der Waals surface area contributed by atoms with Crippen LogP contribution in [0.2, 0.25) is 0 Å². The van der Waals surface area contributed by atoms with Crippen molar-refractivity contribution >= 4 is 34.6 Å². The number of benzene rings is 2. The number of fused-ring (bicyclic) bond motifs is 1. The maximum atomic E-state index is 13.1. The minimum atomic E-state index is -0.611. The number of aromatic nitrogens is 4. The molecule has 0 saturated carbocycles. The van der Waals surface area contributed by atoms with E-state index < -0.39 is 17.2 Å². The number of nitrogens with one attached hydrogen (secondary N) is 2. The molecular formula is C19H14FN7O3. The fraction of sp³-hybridized carbons (Fsp3) is 0. The third-order valence-corrected chi connectivity index (χ3v) is 4.00. The summed E-state index contributed by atoms with van der Waals surface area (Å²) in [5, 5.41) is 35.5. The quantitative estimate of drug-likeness (QED) is 0.191. The van der Waals surface area contributed by atoms with E-state index >= 15 is 0 Å². The number of anilines is 3. The zero-order valence-electron chi connectivity index (χ0n) is 15.2. The summed E-state index contributed by atoms with van der Waals surface area (Å²) < 4.78 is 13.1. The molecule has 2 aromatic carbocycles. The lowest BCUT2D eigenvalue weighted by atomic mass is 10.2. The Morgan fingerprint density at radius 3 is 2.10 bits per heavy atom. The van der Waals surface area contributed by atoms with E-state index in [2.05, 4.69) is 35.8 Å². The first kappa shape index (κ1) is 18.8. The smallest absolute Gasteiger partial charge is 0.200 e. The van der Waals surface area contributed by atoms with E-state index in [1.807, 2.05) is 0 Å². The summed E-state index contributed by atoms with van der Waals surface area (Å²) in [5.41, 5.74) is 4.46. The molecule has 10 nitrogen and oxygen atoms in total. The van der Waals surface area contributed by atoms with Crippen molar-refractivity contribution in [3.8, 4) is 17.2 Å². The Bertz CT molecular complexity index is 1230. The molecule has 5 N–H and O–H groups in total. The Hall–Kier alpha value is -4.54. The molecule has 0 aliphatic heterocycles. The average Bonchev–Trinajstić information content (AvgIpc) is 2.74. The van der Waals surface area contributed by atoms with Crippen LogP contribution in [0, 0.1) is 5.82 Å². The number of phenolic OH excluding ortho intramolecular Hbond substituents is 3. The molecule has 0 saturated heterocycles. The number of hydrogen-bond donors (Lipinski definition) is 5. The van der Waals surface area contributed by atoms with Gasteiger partial charge in [0.05, 0.1) is 6.21 Å². The number of hydrogen-bond acceptors (Lipinski definition) is 10. The molecule has 0 aliphatic carbocycles. The normalized spacial score (nSPS) is 11.1. The first-order chi connectivity index (χ1) is 14.5. The Labute approximate surface area is 168 Å². The summed E-state index contributed by atoms with van der Waals surface area (Å²) in [5.74, 6) is -1.24. The SMILES string of the molecule is Oc1cc(C=NNc2ncnc3c(Nc4ccc(F)cc4)ncnc23)cc(O)c1O.